The van der Waals surface area contributed by atoms with Gasteiger partial charge in [-0.15, -0.1) is 0 Å². The smallest absolute Gasteiger partial charge is 0.255 e. The highest BCUT2D eigenvalue weighted by Gasteiger charge is 2.15. The van der Waals surface area contributed by atoms with Crippen LogP contribution in [0.4, 0.5) is 5.69 Å². The molecule has 1 N–H and O–H groups in total. The van der Waals surface area contributed by atoms with Crippen LogP contribution in [0.2, 0.25) is 10.0 Å². The molecule has 1 heterocycles. The monoisotopic (exact) mass is 398 g/mol. The third-order valence-electron chi connectivity index (χ3n) is 3.70. The van der Waals surface area contributed by atoms with Crippen molar-refractivity contribution in [3.8, 4) is 11.5 Å². The molecule has 140 valence electrons. The summed E-state index contributed by atoms with van der Waals surface area (Å²) in [6.07, 6.45) is 3.59. The average Bonchev–Trinajstić information content (AvgIpc) is 2.64. The van der Waals surface area contributed by atoms with Crippen molar-refractivity contribution >= 4 is 34.8 Å². The molecular weight excluding hydrogens is 379 g/mol. The van der Waals surface area contributed by atoms with Crippen molar-refractivity contribution in [1.29, 1.82) is 0 Å². The van der Waals surface area contributed by atoms with Gasteiger partial charge >= 0.3 is 0 Å². The maximum atomic E-state index is 12.5. The van der Waals surface area contributed by atoms with Crippen LogP contribution in [0.3, 0.4) is 0 Å². The second kappa shape index (κ2) is 9.62. The SMILES string of the molecule is COc1ccc(C(=O)Nc2c(Cl)cncc2Cl)cc1OCCC(C)OC. The van der Waals surface area contributed by atoms with Crippen LogP contribution in [-0.2, 0) is 4.74 Å². The number of halogens is 2. The average molecular weight is 399 g/mol. The molecule has 1 amide bonds. The Balaban J connectivity index is 2.16. The number of aromatic nitrogens is 1. The van der Waals surface area contributed by atoms with Crippen LogP contribution >= 0.6 is 23.2 Å². The first-order valence-corrected chi connectivity index (χ1v) is 8.65. The Bertz CT molecular complexity index is 751. The number of ether oxygens (including phenoxy) is 3. The predicted octanol–water partition coefficient (Wildman–Crippen LogP) is 4.45. The number of hydrogen-bond acceptors (Lipinski definition) is 5. The van der Waals surface area contributed by atoms with Crippen molar-refractivity contribution in [3.05, 3.63) is 46.2 Å². The van der Waals surface area contributed by atoms with Crippen molar-refractivity contribution < 1.29 is 19.0 Å². The third kappa shape index (κ3) is 5.24. The van der Waals surface area contributed by atoms with Gasteiger partial charge in [0.1, 0.15) is 0 Å². The predicted molar refractivity (Wildman–Crippen MR) is 102 cm³/mol. The molecule has 0 bridgehead atoms. The molecule has 1 unspecified atom stereocenters. The van der Waals surface area contributed by atoms with E-state index in [4.69, 9.17) is 37.4 Å². The number of rotatable bonds is 8. The molecule has 26 heavy (non-hydrogen) atoms. The van der Waals surface area contributed by atoms with Gasteiger partial charge < -0.3 is 19.5 Å². The largest absolute Gasteiger partial charge is 0.493 e. The summed E-state index contributed by atoms with van der Waals surface area (Å²) >= 11 is 12.1. The van der Waals surface area contributed by atoms with E-state index >= 15 is 0 Å². The zero-order valence-corrected chi connectivity index (χ0v) is 16.2. The summed E-state index contributed by atoms with van der Waals surface area (Å²) in [5, 5.41) is 3.19. The highest BCUT2D eigenvalue weighted by molar-refractivity contribution is 6.39. The second-order valence-corrected chi connectivity index (χ2v) is 6.30. The molecule has 6 nitrogen and oxygen atoms in total. The van der Waals surface area contributed by atoms with Gasteiger partial charge in [-0.3, -0.25) is 9.78 Å². The fraction of sp³-hybridized carbons (Fsp3) is 0.333. The molecule has 1 atom stereocenters. The standard InChI is InChI=1S/C18H20Cl2N2O4/c1-11(24-2)6-7-26-16-8-12(4-5-15(16)25-3)18(23)22-17-13(19)9-21-10-14(17)20/h4-5,8-11H,6-7H2,1-3H3,(H,21,22,23). The number of benzene rings is 1. The van der Waals surface area contributed by atoms with Crippen molar-refractivity contribution in [2.24, 2.45) is 0 Å². The lowest BCUT2D eigenvalue weighted by atomic mass is 10.2. The summed E-state index contributed by atoms with van der Waals surface area (Å²) in [5.41, 5.74) is 0.685. The number of anilines is 1. The number of carbonyl (C=O) groups excluding carboxylic acids is 1. The summed E-state index contributed by atoms with van der Waals surface area (Å²) in [6, 6.07) is 4.90. The summed E-state index contributed by atoms with van der Waals surface area (Å²) in [6.45, 7) is 2.38. The van der Waals surface area contributed by atoms with Gasteiger partial charge in [-0.25, -0.2) is 0 Å². The maximum Gasteiger partial charge on any atom is 0.255 e. The molecular formula is C18H20Cl2N2O4. The Morgan fingerprint density at radius 1 is 1.19 bits per heavy atom. The Morgan fingerprint density at radius 3 is 2.50 bits per heavy atom. The van der Waals surface area contributed by atoms with Gasteiger partial charge in [0, 0.05) is 31.5 Å². The highest BCUT2D eigenvalue weighted by atomic mass is 35.5. The van der Waals surface area contributed by atoms with E-state index < -0.39 is 0 Å². The quantitative estimate of drug-likeness (QED) is 0.710. The van der Waals surface area contributed by atoms with E-state index in [1.807, 2.05) is 6.92 Å². The van der Waals surface area contributed by atoms with Crippen molar-refractivity contribution in [3.63, 3.8) is 0 Å². The minimum atomic E-state index is -0.377. The van der Waals surface area contributed by atoms with Crippen LogP contribution in [0.25, 0.3) is 0 Å². The van der Waals surface area contributed by atoms with Crippen LogP contribution in [-0.4, -0.2) is 37.8 Å². The molecule has 0 spiro atoms. The Hall–Kier alpha value is -2.02. The lowest BCUT2D eigenvalue weighted by Gasteiger charge is -2.14. The molecule has 1 aromatic heterocycles. The fourth-order valence-electron chi connectivity index (χ4n) is 2.10. The molecule has 0 radical (unpaired) electrons. The van der Waals surface area contributed by atoms with Crippen molar-refractivity contribution in [2.45, 2.75) is 19.4 Å². The molecule has 0 saturated carbocycles. The summed E-state index contributed by atoms with van der Waals surface area (Å²) in [5.74, 6) is 0.625. The summed E-state index contributed by atoms with van der Waals surface area (Å²) in [4.78, 5) is 16.4. The zero-order valence-electron chi connectivity index (χ0n) is 14.7. The van der Waals surface area contributed by atoms with Gasteiger partial charge in [-0.2, -0.15) is 0 Å². The number of pyridine rings is 1. The molecule has 2 rings (SSSR count). The van der Waals surface area contributed by atoms with E-state index in [-0.39, 0.29) is 22.1 Å². The maximum absolute atomic E-state index is 12.5. The lowest BCUT2D eigenvalue weighted by Crippen LogP contribution is -2.14. The summed E-state index contributed by atoms with van der Waals surface area (Å²) < 4.78 is 16.2. The molecule has 0 fully saturated rings. The van der Waals surface area contributed by atoms with Gasteiger partial charge in [0.2, 0.25) is 0 Å². The van der Waals surface area contributed by atoms with Gasteiger partial charge in [0.15, 0.2) is 11.5 Å². The zero-order chi connectivity index (χ0) is 19.1. The molecule has 2 aromatic rings. The number of carbonyl (C=O) groups is 1. The third-order valence-corrected chi connectivity index (χ3v) is 4.28. The number of amides is 1. The first-order chi connectivity index (χ1) is 12.5. The molecule has 0 aliphatic carbocycles. The normalized spacial score (nSPS) is 11.7. The second-order valence-electron chi connectivity index (χ2n) is 5.48. The Morgan fingerprint density at radius 2 is 1.88 bits per heavy atom. The number of methoxy groups -OCH3 is 2. The van der Waals surface area contributed by atoms with Crippen LogP contribution in [0.5, 0.6) is 11.5 Å². The lowest BCUT2D eigenvalue weighted by molar-refractivity contribution is 0.0948. The van der Waals surface area contributed by atoms with E-state index in [1.54, 1.807) is 25.3 Å². The number of nitrogens with zero attached hydrogens (tertiary/aromatic N) is 1. The van der Waals surface area contributed by atoms with E-state index in [0.717, 1.165) is 0 Å². The van der Waals surface area contributed by atoms with Crippen LogP contribution in [0, 0.1) is 0 Å². The Labute approximate surface area is 162 Å². The van der Waals surface area contributed by atoms with Crippen molar-refractivity contribution in [2.75, 3.05) is 26.1 Å². The number of nitrogens with one attached hydrogen (secondary N) is 1. The first-order valence-electron chi connectivity index (χ1n) is 7.90. The van der Waals surface area contributed by atoms with Crippen LogP contribution in [0.15, 0.2) is 30.6 Å². The van der Waals surface area contributed by atoms with Crippen LogP contribution in [0.1, 0.15) is 23.7 Å². The number of hydrogen-bond donors (Lipinski definition) is 1. The first kappa shape index (κ1) is 20.3. The minimum absolute atomic E-state index is 0.0726. The van der Waals surface area contributed by atoms with Gasteiger partial charge in [-0.1, -0.05) is 23.2 Å². The Kier molecular flexibility index (Phi) is 7.50. The van der Waals surface area contributed by atoms with E-state index in [2.05, 4.69) is 10.3 Å². The topological polar surface area (TPSA) is 69.7 Å². The summed E-state index contributed by atoms with van der Waals surface area (Å²) in [7, 11) is 3.18. The fourth-order valence-corrected chi connectivity index (χ4v) is 2.56. The van der Waals surface area contributed by atoms with E-state index in [0.29, 0.717) is 35.8 Å². The van der Waals surface area contributed by atoms with Gasteiger partial charge in [0.05, 0.1) is 35.6 Å². The molecule has 0 saturated heterocycles. The molecule has 8 heteroatoms. The van der Waals surface area contributed by atoms with E-state index in [1.165, 1.54) is 19.5 Å². The van der Waals surface area contributed by atoms with Gasteiger partial charge in [-0.05, 0) is 25.1 Å². The van der Waals surface area contributed by atoms with Gasteiger partial charge in [0.25, 0.3) is 5.91 Å². The van der Waals surface area contributed by atoms with Crippen molar-refractivity contribution in [1.82, 2.24) is 4.98 Å². The van der Waals surface area contributed by atoms with E-state index in [9.17, 15) is 4.79 Å². The van der Waals surface area contributed by atoms with Crippen LogP contribution < -0.4 is 14.8 Å². The molecule has 1 aromatic carbocycles. The molecule has 0 aliphatic rings. The molecule has 0 aliphatic heterocycles. The minimum Gasteiger partial charge on any atom is -0.493 e. The highest BCUT2D eigenvalue weighted by Crippen LogP contribution is 2.31.